The molecule has 0 atom stereocenters. The van der Waals surface area contributed by atoms with E-state index in [4.69, 9.17) is 14.9 Å². The van der Waals surface area contributed by atoms with Crippen molar-refractivity contribution in [1.29, 1.82) is 0 Å². The Hall–Kier alpha value is -1.42. The highest BCUT2D eigenvalue weighted by molar-refractivity contribution is 4.49. The van der Waals surface area contributed by atoms with Gasteiger partial charge in [-0.1, -0.05) is 129 Å². The van der Waals surface area contributed by atoms with Gasteiger partial charge in [0.2, 0.25) is 0 Å². The Morgan fingerprint density at radius 2 is 0.513 bits per heavy atom. The maximum Gasteiger partial charge on any atom is 0.0662 e. The van der Waals surface area contributed by atoms with Gasteiger partial charge in [0.15, 0.2) is 0 Å². The zero-order valence-electron chi connectivity index (χ0n) is 27.3. The van der Waals surface area contributed by atoms with Crippen molar-refractivity contribution >= 4 is 0 Å². The molecule has 0 saturated heterocycles. The van der Waals surface area contributed by atoms with Crippen LogP contribution in [0.15, 0.2) is 65.8 Å². The summed E-state index contributed by atoms with van der Waals surface area (Å²) in [5.74, 6) is 0. The van der Waals surface area contributed by atoms with Crippen LogP contribution in [-0.2, 0) is 4.74 Å². The lowest BCUT2D eigenvalue weighted by Gasteiger charge is -2.05. The molecule has 0 spiro atoms. The van der Waals surface area contributed by atoms with Crippen LogP contribution in [0, 0.1) is 0 Å². The van der Waals surface area contributed by atoms with E-state index in [-0.39, 0.29) is 13.2 Å². The lowest BCUT2D eigenvalue weighted by molar-refractivity contribution is 0.125. The van der Waals surface area contributed by atoms with Crippen molar-refractivity contribution in [2.24, 2.45) is 0 Å². The van der Waals surface area contributed by atoms with Crippen LogP contribution in [0.1, 0.15) is 142 Å². The standard InChI is InChI=1S/C24H50O.C2H6O2.5C2H4/c1-3-5-7-9-11-13-15-17-19-21-23-25-24-22-20-18-16-14-12-10-8-6-4-2;3-1-2-4;5*1-2/h3-24H2,1-2H3;3-4H,1-2H2;5*1-2H2. The van der Waals surface area contributed by atoms with E-state index in [2.05, 4.69) is 79.6 Å². The molecule has 0 radical (unpaired) electrons. The molecule has 0 rings (SSSR count). The predicted molar refractivity (Wildman–Crippen MR) is 185 cm³/mol. The summed E-state index contributed by atoms with van der Waals surface area (Å²) in [4.78, 5) is 0. The fourth-order valence-electron chi connectivity index (χ4n) is 3.49. The second-order valence-electron chi connectivity index (χ2n) is 8.42. The molecule has 0 aliphatic carbocycles. The number of unbranched alkanes of at least 4 members (excludes halogenated alkanes) is 18. The first-order valence-corrected chi connectivity index (χ1v) is 15.6. The van der Waals surface area contributed by atoms with Crippen LogP contribution < -0.4 is 0 Å². The Labute approximate surface area is 249 Å². The number of hydrogen-bond donors (Lipinski definition) is 2. The molecule has 238 valence electrons. The van der Waals surface area contributed by atoms with Crippen LogP contribution in [-0.4, -0.2) is 36.6 Å². The molecule has 0 aliphatic rings. The first-order chi connectivity index (χ1) is 19.3. The van der Waals surface area contributed by atoms with Crippen molar-refractivity contribution in [3.63, 3.8) is 0 Å². The van der Waals surface area contributed by atoms with Crippen molar-refractivity contribution in [2.75, 3.05) is 26.4 Å². The van der Waals surface area contributed by atoms with Gasteiger partial charge < -0.3 is 14.9 Å². The minimum Gasteiger partial charge on any atom is -0.394 e. The maximum atomic E-state index is 7.62. The molecule has 0 aromatic carbocycles. The number of aliphatic hydroxyl groups excluding tert-OH is 2. The summed E-state index contributed by atoms with van der Waals surface area (Å²) in [5.41, 5.74) is 0. The second kappa shape index (κ2) is 83.3. The summed E-state index contributed by atoms with van der Waals surface area (Å²) in [6, 6.07) is 0. The van der Waals surface area contributed by atoms with Crippen molar-refractivity contribution in [3.05, 3.63) is 65.8 Å². The van der Waals surface area contributed by atoms with E-state index in [9.17, 15) is 0 Å². The fraction of sp³-hybridized carbons (Fsp3) is 0.722. The quantitative estimate of drug-likeness (QED) is 0.0971. The summed E-state index contributed by atoms with van der Waals surface area (Å²) in [7, 11) is 0. The van der Waals surface area contributed by atoms with E-state index in [0.717, 1.165) is 13.2 Å². The van der Waals surface area contributed by atoms with Crippen LogP contribution in [0.5, 0.6) is 0 Å². The van der Waals surface area contributed by atoms with Gasteiger partial charge in [-0.25, -0.2) is 0 Å². The summed E-state index contributed by atoms with van der Waals surface area (Å²) >= 11 is 0. The van der Waals surface area contributed by atoms with Crippen LogP contribution >= 0.6 is 0 Å². The normalized spacial score (nSPS) is 8.51. The Morgan fingerprint density at radius 1 is 0.333 bits per heavy atom. The topological polar surface area (TPSA) is 49.7 Å². The molecule has 3 nitrogen and oxygen atoms in total. The molecule has 0 bridgehead atoms. The average Bonchev–Trinajstić information content (AvgIpc) is 3.03. The number of rotatable bonds is 23. The maximum absolute atomic E-state index is 7.62. The lowest BCUT2D eigenvalue weighted by Crippen LogP contribution is -1.97. The van der Waals surface area contributed by atoms with E-state index in [1.54, 1.807) is 0 Å². The predicted octanol–water partition coefficient (Wildman–Crippen LogP) is 11.8. The first-order valence-electron chi connectivity index (χ1n) is 15.6. The van der Waals surface area contributed by atoms with Gasteiger partial charge in [-0.15, -0.1) is 65.8 Å². The molecule has 0 unspecified atom stereocenters. The monoisotopic (exact) mass is 557 g/mol. The molecule has 39 heavy (non-hydrogen) atoms. The van der Waals surface area contributed by atoms with E-state index in [0.29, 0.717) is 0 Å². The SMILES string of the molecule is C=C.C=C.C=C.C=C.C=C.CCCCCCCCCCCCOCCCCCCCCCCCC.OCCO. The Morgan fingerprint density at radius 3 is 0.692 bits per heavy atom. The van der Waals surface area contributed by atoms with Crippen molar-refractivity contribution in [1.82, 2.24) is 0 Å². The molecule has 0 saturated carbocycles. The van der Waals surface area contributed by atoms with Gasteiger partial charge in [0, 0.05) is 13.2 Å². The van der Waals surface area contributed by atoms with Gasteiger partial charge in [0.1, 0.15) is 0 Å². The molecule has 0 amide bonds. The van der Waals surface area contributed by atoms with Gasteiger partial charge in [-0.05, 0) is 12.8 Å². The molecule has 0 aromatic heterocycles. The zero-order chi connectivity index (χ0) is 31.7. The third-order valence-electron chi connectivity index (χ3n) is 5.38. The van der Waals surface area contributed by atoms with Gasteiger partial charge in [0.25, 0.3) is 0 Å². The van der Waals surface area contributed by atoms with Gasteiger partial charge in [-0.2, -0.15) is 0 Å². The summed E-state index contributed by atoms with van der Waals surface area (Å²) in [5, 5.41) is 15.2. The summed E-state index contributed by atoms with van der Waals surface area (Å²) in [6.07, 6.45) is 28.2. The molecule has 0 aromatic rings. The third kappa shape index (κ3) is 93.9. The minimum atomic E-state index is -0.125. The molecular weight excluding hydrogens is 480 g/mol. The third-order valence-corrected chi connectivity index (χ3v) is 5.38. The van der Waals surface area contributed by atoms with Crippen LogP contribution in [0.25, 0.3) is 0 Å². The molecule has 0 aliphatic heterocycles. The zero-order valence-corrected chi connectivity index (χ0v) is 27.3. The molecule has 3 heteroatoms. The summed E-state index contributed by atoms with van der Waals surface area (Å²) < 4.78 is 5.78. The Balaban J connectivity index is -0.000000124. The Kier molecular flexibility index (Phi) is 115. The van der Waals surface area contributed by atoms with E-state index >= 15 is 0 Å². The molecule has 2 N–H and O–H groups in total. The second-order valence-corrected chi connectivity index (χ2v) is 8.42. The first kappa shape index (κ1) is 53.8. The Bertz CT molecular complexity index is 274. The molecular formula is C36H76O3. The van der Waals surface area contributed by atoms with Crippen LogP contribution in [0.3, 0.4) is 0 Å². The van der Waals surface area contributed by atoms with Crippen LogP contribution in [0.4, 0.5) is 0 Å². The van der Waals surface area contributed by atoms with E-state index in [1.807, 2.05) is 0 Å². The summed E-state index contributed by atoms with van der Waals surface area (Å²) in [6.45, 7) is 36.3. The highest BCUT2D eigenvalue weighted by Crippen LogP contribution is 2.12. The van der Waals surface area contributed by atoms with Crippen LogP contribution in [0.2, 0.25) is 0 Å². The largest absolute Gasteiger partial charge is 0.394 e. The van der Waals surface area contributed by atoms with E-state index in [1.165, 1.54) is 128 Å². The smallest absolute Gasteiger partial charge is 0.0662 e. The lowest BCUT2D eigenvalue weighted by atomic mass is 10.1. The average molecular weight is 557 g/mol. The van der Waals surface area contributed by atoms with Crippen molar-refractivity contribution < 1.29 is 14.9 Å². The number of ether oxygens (including phenoxy) is 1. The van der Waals surface area contributed by atoms with E-state index < -0.39 is 0 Å². The van der Waals surface area contributed by atoms with Gasteiger partial charge >= 0.3 is 0 Å². The number of hydrogen-bond acceptors (Lipinski definition) is 3. The van der Waals surface area contributed by atoms with Crippen molar-refractivity contribution in [3.8, 4) is 0 Å². The highest BCUT2D eigenvalue weighted by Gasteiger charge is 1.95. The van der Waals surface area contributed by atoms with Gasteiger partial charge in [-0.3, -0.25) is 0 Å². The van der Waals surface area contributed by atoms with Gasteiger partial charge in [0.05, 0.1) is 13.2 Å². The molecule has 0 heterocycles. The number of aliphatic hydroxyl groups is 2. The minimum absolute atomic E-state index is 0.125. The highest BCUT2D eigenvalue weighted by atomic mass is 16.5. The fourth-order valence-corrected chi connectivity index (χ4v) is 3.49. The van der Waals surface area contributed by atoms with Crippen molar-refractivity contribution in [2.45, 2.75) is 142 Å². The molecule has 0 fully saturated rings.